The van der Waals surface area contributed by atoms with Gasteiger partial charge in [0.2, 0.25) is 0 Å². The number of hydrogen-bond donors (Lipinski definition) is 2. The van der Waals surface area contributed by atoms with Gasteiger partial charge in [-0.1, -0.05) is 0 Å². The predicted octanol–water partition coefficient (Wildman–Crippen LogP) is 1.84. The van der Waals surface area contributed by atoms with Crippen LogP contribution in [0.3, 0.4) is 0 Å². The third-order valence-corrected chi connectivity index (χ3v) is 2.05. The molecule has 94 valence electrons. The highest BCUT2D eigenvalue weighted by molar-refractivity contribution is 5.92. The van der Waals surface area contributed by atoms with E-state index in [9.17, 15) is 0 Å². The van der Waals surface area contributed by atoms with Crippen LogP contribution >= 0.6 is 0 Å². The lowest BCUT2D eigenvalue weighted by Crippen LogP contribution is -2.23. The summed E-state index contributed by atoms with van der Waals surface area (Å²) in [5.41, 5.74) is 6.55. The normalized spacial score (nSPS) is 11.5. The molecule has 1 aromatic rings. The Morgan fingerprint density at radius 2 is 1.88 bits per heavy atom. The van der Waals surface area contributed by atoms with Crippen LogP contribution in [0.15, 0.2) is 23.2 Å². The molecule has 0 heterocycles. The van der Waals surface area contributed by atoms with Crippen LogP contribution in [0, 0.1) is 0 Å². The van der Waals surface area contributed by atoms with E-state index in [0.717, 1.165) is 5.69 Å². The number of nitrogens with one attached hydrogen (secondary N) is 1. The van der Waals surface area contributed by atoms with Gasteiger partial charge in [-0.25, -0.2) is 0 Å². The first-order chi connectivity index (χ1) is 8.06. The maximum atomic E-state index is 5.74. The van der Waals surface area contributed by atoms with Crippen LogP contribution in [0.1, 0.15) is 13.8 Å². The molecule has 0 aromatic heterocycles. The Morgan fingerprint density at radius 1 is 1.24 bits per heavy atom. The van der Waals surface area contributed by atoms with Crippen molar-refractivity contribution in [1.82, 2.24) is 0 Å². The summed E-state index contributed by atoms with van der Waals surface area (Å²) in [5.74, 6) is 1.71. The van der Waals surface area contributed by atoms with Gasteiger partial charge in [-0.3, -0.25) is 4.99 Å². The fraction of sp³-hybridized carbons (Fsp3) is 0.417. The minimum absolute atomic E-state index is 0.155. The molecule has 0 aliphatic heterocycles. The van der Waals surface area contributed by atoms with Crippen molar-refractivity contribution in [2.75, 3.05) is 19.5 Å². The summed E-state index contributed by atoms with van der Waals surface area (Å²) in [6.45, 7) is 3.92. The number of benzene rings is 1. The molecular weight excluding hydrogens is 218 g/mol. The summed E-state index contributed by atoms with van der Waals surface area (Å²) in [7, 11) is 3.19. The van der Waals surface area contributed by atoms with Crippen molar-refractivity contribution < 1.29 is 9.47 Å². The molecule has 0 radical (unpaired) electrons. The van der Waals surface area contributed by atoms with Crippen molar-refractivity contribution in [3.8, 4) is 11.5 Å². The van der Waals surface area contributed by atoms with Crippen LogP contribution in [0.4, 0.5) is 5.69 Å². The molecule has 0 saturated heterocycles. The lowest BCUT2D eigenvalue weighted by Gasteiger charge is -2.11. The van der Waals surface area contributed by atoms with Crippen LogP contribution < -0.4 is 20.5 Å². The van der Waals surface area contributed by atoms with Gasteiger partial charge in [0.15, 0.2) is 17.5 Å². The Morgan fingerprint density at radius 3 is 2.41 bits per heavy atom. The molecule has 0 amide bonds. The number of guanidine groups is 1. The fourth-order valence-corrected chi connectivity index (χ4v) is 1.37. The molecule has 0 saturated carbocycles. The number of nitrogens with two attached hydrogens (primary N) is 1. The van der Waals surface area contributed by atoms with Crippen LogP contribution in [0.25, 0.3) is 0 Å². The Hall–Kier alpha value is -1.91. The standard InChI is InChI=1S/C12H19N3O2/c1-8(2)14-12(13)15-9-5-6-10(16-3)11(7-9)17-4/h5-8H,1-4H3,(H3,13,14,15). The minimum atomic E-state index is 0.155. The zero-order chi connectivity index (χ0) is 12.8. The summed E-state index contributed by atoms with van der Waals surface area (Å²) < 4.78 is 10.3. The monoisotopic (exact) mass is 237 g/mol. The molecule has 1 rings (SSSR count). The number of ether oxygens (including phenoxy) is 2. The van der Waals surface area contributed by atoms with Gasteiger partial charge in [-0.05, 0) is 26.0 Å². The Kier molecular flexibility index (Phi) is 4.63. The Labute approximate surface area is 102 Å². The van der Waals surface area contributed by atoms with Crippen molar-refractivity contribution in [2.24, 2.45) is 10.7 Å². The number of rotatable bonds is 4. The third-order valence-electron chi connectivity index (χ3n) is 2.05. The number of hydrogen-bond acceptors (Lipinski definition) is 3. The Balaban J connectivity index is 2.86. The van der Waals surface area contributed by atoms with Gasteiger partial charge in [0, 0.05) is 17.8 Å². The first-order valence-electron chi connectivity index (χ1n) is 5.39. The number of anilines is 1. The first kappa shape index (κ1) is 13.2. The van der Waals surface area contributed by atoms with Crippen molar-refractivity contribution in [3.05, 3.63) is 18.2 Å². The lowest BCUT2D eigenvalue weighted by molar-refractivity contribution is 0.355. The summed E-state index contributed by atoms with van der Waals surface area (Å²) in [5, 5.41) is 2.99. The largest absolute Gasteiger partial charge is 0.493 e. The summed E-state index contributed by atoms with van der Waals surface area (Å²) in [6, 6.07) is 5.62. The summed E-state index contributed by atoms with van der Waals surface area (Å²) in [6.07, 6.45) is 0. The maximum Gasteiger partial charge on any atom is 0.193 e. The van der Waals surface area contributed by atoms with Crippen molar-refractivity contribution >= 4 is 11.6 Å². The van der Waals surface area contributed by atoms with E-state index < -0.39 is 0 Å². The van der Waals surface area contributed by atoms with E-state index in [1.807, 2.05) is 32.0 Å². The van der Waals surface area contributed by atoms with E-state index >= 15 is 0 Å². The van der Waals surface area contributed by atoms with Gasteiger partial charge < -0.3 is 20.5 Å². The first-order valence-corrected chi connectivity index (χ1v) is 5.39. The molecular formula is C12H19N3O2. The van der Waals surface area contributed by atoms with Gasteiger partial charge in [-0.2, -0.15) is 0 Å². The van der Waals surface area contributed by atoms with E-state index in [-0.39, 0.29) is 6.04 Å². The van der Waals surface area contributed by atoms with Crippen molar-refractivity contribution in [1.29, 1.82) is 0 Å². The molecule has 0 atom stereocenters. The van der Waals surface area contributed by atoms with E-state index in [0.29, 0.717) is 17.5 Å². The highest BCUT2D eigenvalue weighted by atomic mass is 16.5. The SMILES string of the molecule is COc1ccc(NC(N)=NC(C)C)cc1OC. The number of methoxy groups -OCH3 is 2. The van der Waals surface area contributed by atoms with Gasteiger partial charge >= 0.3 is 0 Å². The molecule has 0 spiro atoms. The molecule has 0 fully saturated rings. The lowest BCUT2D eigenvalue weighted by atomic mass is 10.3. The number of nitrogens with zero attached hydrogens (tertiary/aromatic N) is 1. The molecule has 0 bridgehead atoms. The number of aliphatic imine (C=N–C) groups is 1. The smallest absolute Gasteiger partial charge is 0.193 e. The second kappa shape index (κ2) is 5.98. The molecule has 5 nitrogen and oxygen atoms in total. The minimum Gasteiger partial charge on any atom is -0.493 e. The zero-order valence-electron chi connectivity index (χ0n) is 10.7. The molecule has 1 aromatic carbocycles. The second-order valence-electron chi connectivity index (χ2n) is 3.80. The van der Waals surface area contributed by atoms with E-state index in [2.05, 4.69) is 10.3 Å². The average molecular weight is 237 g/mol. The zero-order valence-corrected chi connectivity index (χ0v) is 10.7. The second-order valence-corrected chi connectivity index (χ2v) is 3.80. The van der Waals surface area contributed by atoms with E-state index in [4.69, 9.17) is 15.2 Å². The average Bonchev–Trinajstić information content (AvgIpc) is 2.27. The predicted molar refractivity (Wildman–Crippen MR) is 69.9 cm³/mol. The van der Waals surface area contributed by atoms with Gasteiger partial charge in [0.25, 0.3) is 0 Å². The van der Waals surface area contributed by atoms with Crippen LogP contribution in [-0.2, 0) is 0 Å². The third kappa shape index (κ3) is 3.86. The molecule has 5 heteroatoms. The van der Waals surface area contributed by atoms with Gasteiger partial charge in [0.05, 0.1) is 14.2 Å². The quantitative estimate of drug-likeness (QED) is 0.619. The molecule has 17 heavy (non-hydrogen) atoms. The van der Waals surface area contributed by atoms with Crippen LogP contribution in [0.2, 0.25) is 0 Å². The molecule has 0 aliphatic carbocycles. The topological polar surface area (TPSA) is 68.9 Å². The van der Waals surface area contributed by atoms with Gasteiger partial charge in [0.1, 0.15) is 0 Å². The Bertz CT molecular complexity index is 403. The van der Waals surface area contributed by atoms with Gasteiger partial charge in [-0.15, -0.1) is 0 Å². The van der Waals surface area contributed by atoms with E-state index in [1.54, 1.807) is 14.2 Å². The highest BCUT2D eigenvalue weighted by Crippen LogP contribution is 2.29. The maximum absolute atomic E-state index is 5.74. The van der Waals surface area contributed by atoms with Crippen LogP contribution in [-0.4, -0.2) is 26.2 Å². The van der Waals surface area contributed by atoms with E-state index in [1.165, 1.54) is 0 Å². The fourth-order valence-electron chi connectivity index (χ4n) is 1.37. The molecule has 3 N–H and O–H groups in total. The van der Waals surface area contributed by atoms with Crippen LogP contribution in [0.5, 0.6) is 11.5 Å². The highest BCUT2D eigenvalue weighted by Gasteiger charge is 2.05. The van der Waals surface area contributed by atoms with Crippen molar-refractivity contribution in [3.63, 3.8) is 0 Å². The molecule has 0 unspecified atom stereocenters. The summed E-state index contributed by atoms with van der Waals surface area (Å²) in [4.78, 5) is 4.18. The summed E-state index contributed by atoms with van der Waals surface area (Å²) >= 11 is 0. The molecule has 0 aliphatic rings. The van der Waals surface area contributed by atoms with Crippen molar-refractivity contribution in [2.45, 2.75) is 19.9 Å².